The van der Waals surface area contributed by atoms with Crippen molar-refractivity contribution in [2.75, 3.05) is 6.61 Å². The van der Waals surface area contributed by atoms with Crippen molar-refractivity contribution in [3.8, 4) is 5.75 Å². The number of rotatable bonds is 3. The fourth-order valence-electron chi connectivity index (χ4n) is 1.10. The predicted octanol–water partition coefficient (Wildman–Crippen LogP) is 1.42. The molecule has 0 unspecified atom stereocenters. The fraction of sp³-hybridized carbons (Fsp3) is 0.333. The van der Waals surface area contributed by atoms with Gasteiger partial charge in [0.2, 0.25) is 0 Å². The minimum atomic E-state index is -0.835. The first-order chi connectivity index (χ1) is 6.56. The van der Waals surface area contributed by atoms with E-state index in [1.165, 1.54) is 0 Å². The van der Waals surface area contributed by atoms with Gasteiger partial charge in [0.15, 0.2) is 5.75 Å². The number of carbonyl (C=O) groups is 1. The Morgan fingerprint density at radius 3 is 2.86 bits per heavy atom. The topological polar surface area (TPSA) is 62.1 Å². The molecular weight excluding hydrogens is 250 g/mol. The lowest BCUT2D eigenvalue weighted by molar-refractivity contribution is 0.0685. The molecule has 1 aromatic heterocycles. The lowest BCUT2D eigenvalue weighted by Crippen LogP contribution is -2.07. The van der Waals surface area contributed by atoms with Crippen LogP contribution in [0.3, 0.4) is 0 Å². The predicted molar refractivity (Wildman–Crippen MR) is 55.8 cm³/mol. The maximum absolute atomic E-state index is 10.9. The zero-order valence-electron chi connectivity index (χ0n) is 7.93. The van der Waals surface area contributed by atoms with Crippen LogP contribution in [0.25, 0.3) is 0 Å². The Kier molecular flexibility index (Phi) is 3.46. The van der Waals surface area contributed by atoms with Gasteiger partial charge in [-0.1, -0.05) is 0 Å². The Morgan fingerprint density at radius 2 is 2.36 bits per heavy atom. The van der Waals surface area contributed by atoms with Crippen LogP contribution in [0.5, 0.6) is 5.75 Å². The molecule has 0 aliphatic rings. The van der Waals surface area contributed by atoms with Crippen LogP contribution in [0.1, 0.15) is 23.0 Å². The smallest absolute Gasteiger partial charge is 0.560 e. The van der Waals surface area contributed by atoms with Crippen molar-refractivity contribution in [2.45, 2.75) is 13.8 Å². The van der Waals surface area contributed by atoms with E-state index < -0.39 is 5.97 Å². The average Bonchev–Trinajstić information content (AvgIpc) is 2.09. The second-order valence-electron chi connectivity index (χ2n) is 2.70. The Balaban J connectivity index is 3.28. The molecule has 0 saturated heterocycles. The molecule has 0 bridgehead atoms. The van der Waals surface area contributed by atoms with E-state index in [4.69, 9.17) is 9.84 Å². The van der Waals surface area contributed by atoms with Gasteiger partial charge in [0.05, 0.1) is 11.4 Å². The van der Waals surface area contributed by atoms with Crippen molar-refractivity contribution in [3.63, 3.8) is 0 Å². The standard InChI is InChI=1S/C9H10BrNO3/c1-3-14-8-5(2)4-6(10)11-7(8)9(12)13/h4H,3H2,1-2H3,(H,12,13)/p+1. The van der Waals surface area contributed by atoms with Gasteiger partial charge in [0.25, 0.3) is 5.69 Å². The molecule has 4 nitrogen and oxygen atoms in total. The zero-order valence-corrected chi connectivity index (χ0v) is 9.51. The first-order valence-corrected chi connectivity index (χ1v) is 4.91. The summed E-state index contributed by atoms with van der Waals surface area (Å²) in [6, 6.07) is 1.75. The number of nitrogens with zero attached hydrogens (tertiary/aromatic N) is 1. The summed E-state index contributed by atoms with van der Waals surface area (Å²) in [7, 11) is 0. The van der Waals surface area contributed by atoms with E-state index in [2.05, 4.69) is 20.9 Å². The number of halogens is 1. The molecule has 76 valence electrons. The first kappa shape index (κ1) is 11.0. The molecule has 5 heteroatoms. The van der Waals surface area contributed by atoms with Gasteiger partial charge in [0.1, 0.15) is 4.60 Å². The second kappa shape index (κ2) is 4.41. The normalized spacial score (nSPS) is 9.93. The average molecular weight is 261 g/mol. The summed E-state index contributed by atoms with van der Waals surface area (Å²) in [6.07, 6.45) is 0. The SMILES string of the molecule is CCOc1c(C)cc(Br)nc1C(=O)[OH2+]. The summed E-state index contributed by atoms with van der Waals surface area (Å²) in [5, 5.41) is 7.03. The van der Waals surface area contributed by atoms with Crippen LogP contribution in [0, 0.1) is 6.92 Å². The molecule has 0 radical (unpaired) electrons. The van der Waals surface area contributed by atoms with Crippen molar-refractivity contribution in [1.82, 2.24) is 4.98 Å². The van der Waals surface area contributed by atoms with E-state index in [-0.39, 0.29) is 5.69 Å². The molecule has 1 aromatic rings. The summed E-state index contributed by atoms with van der Waals surface area (Å²) in [5.41, 5.74) is 0.850. The molecule has 2 N–H and O–H groups in total. The summed E-state index contributed by atoms with van der Waals surface area (Å²) < 4.78 is 5.80. The molecule has 1 heterocycles. The molecule has 0 aliphatic carbocycles. The van der Waals surface area contributed by atoms with Crippen molar-refractivity contribution in [3.05, 3.63) is 21.9 Å². The number of pyridine rings is 1. The highest BCUT2D eigenvalue weighted by molar-refractivity contribution is 9.10. The van der Waals surface area contributed by atoms with Gasteiger partial charge in [-0.3, -0.25) is 0 Å². The van der Waals surface area contributed by atoms with Crippen LogP contribution < -0.4 is 4.74 Å². The van der Waals surface area contributed by atoms with Gasteiger partial charge in [-0.2, -0.15) is 0 Å². The lowest BCUT2D eigenvalue weighted by Gasteiger charge is -2.07. The second-order valence-corrected chi connectivity index (χ2v) is 3.51. The maximum atomic E-state index is 10.9. The zero-order chi connectivity index (χ0) is 10.7. The highest BCUT2D eigenvalue weighted by Gasteiger charge is 2.22. The summed E-state index contributed by atoms with van der Waals surface area (Å²) in [6.45, 7) is 4.08. The van der Waals surface area contributed by atoms with Crippen molar-refractivity contribution in [2.24, 2.45) is 0 Å². The van der Waals surface area contributed by atoms with Gasteiger partial charge in [-0.05, 0) is 41.4 Å². The molecule has 0 aromatic carbocycles. The van der Waals surface area contributed by atoms with E-state index in [0.29, 0.717) is 17.0 Å². The maximum Gasteiger partial charge on any atom is 0.571 e. The van der Waals surface area contributed by atoms with Crippen LogP contribution in [-0.4, -0.2) is 22.7 Å². The van der Waals surface area contributed by atoms with Crippen molar-refractivity contribution in [1.29, 1.82) is 0 Å². The molecule has 0 atom stereocenters. The molecule has 0 aliphatic heterocycles. The quantitative estimate of drug-likeness (QED) is 0.610. The van der Waals surface area contributed by atoms with Gasteiger partial charge in [-0.25, -0.2) is 4.98 Å². The molecular formula is C9H11BrNO3+. The minimum Gasteiger partial charge on any atom is -0.560 e. The minimum absolute atomic E-state index is 0.0544. The Labute approximate surface area is 90.0 Å². The van der Waals surface area contributed by atoms with E-state index in [1.807, 2.05) is 13.8 Å². The van der Waals surface area contributed by atoms with E-state index in [9.17, 15) is 4.79 Å². The van der Waals surface area contributed by atoms with Crippen LogP contribution >= 0.6 is 15.9 Å². The van der Waals surface area contributed by atoms with E-state index in [0.717, 1.165) is 5.56 Å². The number of aryl methyl sites for hydroxylation is 1. The molecule has 14 heavy (non-hydrogen) atoms. The number of hydrogen-bond donors (Lipinski definition) is 0. The molecule has 0 fully saturated rings. The van der Waals surface area contributed by atoms with Gasteiger partial charge < -0.3 is 9.84 Å². The van der Waals surface area contributed by atoms with Gasteiger partial charge >= 0.3 is 5.97 Å². The lowest BCUT2D eigenvalue weighted by atomic mass is 10.2. The summed E-state index contributed by atoms with van der Waals surface area (Å²) >= 11 is 3.16. The third-order valence-electron chi connectivity index (χ3n) is 1.63. The van der Waals surface area contributed by atoms with Crippen molar-refractivity contribution >= 4 is 21.9 Å². The third-order valence-corrected chi connectivity index (χ3v) is 2.04. The highest BCUT2D eigenvalue weighted by atomic mass is 79.9. The first-order valence-electron chi connectivity index (χ1n) is 4.12. The van der Waals surface area contributed by atoms with Crippen LogP contribution in [0.2, 0.25) is 0 Å². The number of hydrogen-bond acceptors (Lipinski definition) is 3. The highest BCUT2D eigenvalue weighted by Crippen LogP contribution is 2.25. The molecule has 0 amide bonds. The van der Waals surface area contributed by atoms with Crippen LogP contribution in [0.15, 0.2) is 10.7 Å². The number of carbonyl (C=O) groups excluding carboxylic acids is 1. The largest absolute Gasteiger partial charge is 0.571 e. The Hall–Kier alpha value is -1.10. The number of ether oxygens (including phenoxy) is 1. The monoisotopic (exact) mass is 260 g/mol. The molecule has 1 rings (SSSR count). The van der Waals surface area contributed by atoms with Gasteiger partial charge in [0, 0.05) is 0 Å². The summed E-state index contributed by atoms with van der Waals surface area (Å²) in [5.74, 6) is -0.437. The summed E-state index contributed by atoms with van der Waals surface area (Å²) in [4.78, 5) is 14.9. The molecule has 0 spiro atoms. The van der Waals surface area contributed by atoms with Crippen LogP contribution in [0.4, 0.5) is 0 Å². The number of aromatic nitrogens is 1. The molecule has 0 saturated carbocycles. The van der Waals surface area contributed by atoms with Gasteiger partial charge in [-0.15, -0.1) is 0 Å². The van der Waals surface area contributed by atoms with E-state index in [1.54, 1.807) is 6.07 Å². The Bertz CT molecular complexity index is 365. The fourth-order valence-corrected chi connectivity index (χ4v) is 1.62. The third kappa shape index (κ3) is 2.23. The van der Waals surface area contributed by atoms with Crippen molar-refractivity contribution < 1.29 is 14.6 Å². The van der Waals surface area contributed by atoms with E-state index >= 15 is 0 Å². The Morgan fingerprint density at radius 1 is 1.71 bits per heavy atom. The van der Waals surface area contributed by atoms with Crippen LogP contribution in [-0.2, 0) is 0 Å².